The van der Waals surface area contributed by atoms with Crippen LogP contribution in [0.1, 0.15) is 24.3 Å². The van der Waals surface area contributed by atoms with E-state index in [1.54, 1.807) is 6.07 Å². The van der Waals surface area contributed by atoms with Gasteiger partial charge in [0.25, 0.3) is 11.4 Å². The van der Waals surface area contributed by atoms with Gasteiger partial charge < -0.3 is 5.11 Å². The van der Waals surface area contributed by atoms with Gasteiger partial charge in [0.05, 0.1) is 44.9 Å². The zero-order valence-corrected chi connectivity index (χ0v) is 24.4. The normalized spacial score (nSPS) is 26.8. The van der Waals surface area contributed by atoms with E-state index in [-0.39, 0.29) is 46.4 Å². The zero-order chi connectivity index (χ0) is 32.6. The van der Waals surface area contributed by atoms with Crippen LogP contribution < -0.4 is 9.80 Å². The molecular weight excluding hydrogens is 620 g/mol. The van der Waals surface area contributed by atoms with Gasteiger partial charge in [0.15, 0.2) is 0 Å². The molecule has 4 aliphatic rings. The lowest BCUT2D eigenvalue weighted by Crippen LogP contribution is -2.43. The number of carbonyl (C=O) groups is 4. The molecule has 2 heterocycles. The number of allylic oxidation sites excluding steroid dienone is 2. The smallest absolute Gasteiger partial charge is 0.271 e. The molecule has 14 heteroatoms. The SMILES string of the molecule is O=C1C2CC=C3C(CC4C(=O)N(c5cccc([N+](=O)[O-])c5)C(=O)C4C3c3ccc(O)cc3Cl)C2C(=O)N1c1cccc([N+](=O)[O-])c1. The van der Waals surface area contributed by atoms with Crippen LogP contribution in [0.25, 0.3) is 0 Å². The number of rotatable bonds is 5. The largest absolute Gasteiger partial charge is 0.508 e. The van der Waals surface area contributed by atoms with Crippen molar-refractivity contribution in [2.75, 3.05) is 9.80 Å². The van der Waals surface area contributed by atoms with Crippen LogP contribution in [0.15, 0.2) is 78.4 Å². The van der Waals surface area contributed by atoms with Gasteiger partial charge in [-0.25, -0.2) is 9.80 Å². The highest BCUT2D eigenvalue weighted by Crippen LogP contribution is 2.59. The fourth-order valence-corrected chi connectivity index (χ4v) is 8.00. The Hall–Kier alpha value is -5.43. The van der Waals surface area contributed by atoms with E-state index in [9.17, 15) is 44.5 Å². The molecule has 46 heavy (non-hydrogen) atoms. The number of benzene rings is 3. The molecule has 0 bridgehead atoms. The number of halogens is 1. The Morgan fingerprint density at radius 1 is 0.717 bits per heavy atom. The fourth-order valence-electron chi connectivity index (χ4n) is 7.71. The van der Waals surface area contributed by atoms with E-state index < -0.39 is 69.0 Å². The summed E-state index contributed by atoms with van der Waals surface area (Å²) in [5, 5.41) is 33.1. The Morgan fingerprint density at radius 3 is 1.85 bits per heavy atom. The second-order valence-electron chi connectivity index (χ2n) is 11.8. The second-order valence-corrected chi connectivity index (χ2v) is 12.2. The highest BCUT2D eigenvalue weighted by atomic mass is 35.5. The monoisotopic (exact) mass is 642 g/mol. The maximum Gasteiger partial charge on any atom is 0.271 e. The summed E-state index contributed by atoms with van der Waals surface area (Å²) in [6.45, 7) is 0. The number of hydrogen-bond acceptors (Lipinski definition) is 9. The quantitative estimate of drug-likeness (QED) is 0.175. The molecular formula is C32H23ClN4O9. The van der Waals surface area contributed by atoms with Gasteiger partial charge in [-0.15, -0.1) is 0 Å². The lowest BCUT2D eigenvalue weighted by atomic mass is 9.57. The van der Waals surface area contributed by atoms with Crippen molar-refractivity contribution in [1.82, 2.24) is 0 Å². The van der Waals surface area contributed by atoms with Gasteiger partial charge in [0.2, 0.25) is 23.6 Å². The first kappa shape index (κ1) is 29.3. The summed E-state index contributed by atoms with van der Waals surface area (Å²) < 4.78 is 0. The molecule has 2 aliphatic heterocycles. The van der Waals surface area contributed by atoms with Crippen molar-refractivity contribution < 1.29 is 34.1 Å². The first-order valence-corrected chi connectivity index (χ1v) is 14.8. The number of nitrogens with zero attached hydrogens (tertiary/aromatic N) is 4. The Morgan fingerprint density at radius 2 is 1.28 bits per heavy atom. The lowest BCUT2D eigenvalue weighted by molar-refractivity contribution is -0.385. The average molecular weight is 643 g/mol. The third-order valence-electron chi connectivity index (χ3n) is 9.57. The van der Waals surface area contributed by atoms with Crippen molar-refractivity contribution in [3.8, 4) is 5.75 Å². The predicted octanol–water partition coefficient (Wildman–Crippen LogP) is 4.91. The van der Waals surface area contributed by atoms with Crippen molar-refractivity contribution in [3.63, 3.8) is 0 Å². The molecule has 0 aromatic heterocycles. The topological polar surface area (TPSA) is 181 Å². The Kier molecular flexibility index (Phi) is 6.74. The number of phenols is 1. The van der Waals surface area contributed by atoms with E-state index in [1.165, 1.54) is 48.5 Å². The molecule has 13 nitrogen and oxygen atoms in total. The van der Waals surface area contributed by atoms with E-state index in [0.717, 1.165) is 21.9 Å². The number of non-ortho nitro benzene ring substituents is 2. The van der Waals surface area contributed by atoms with Gasteiger partial charge in [0.1, 0.15) is 5.75 Å². The number of anilines is 2. The van der Waals surface area contributed by atoms with Crippen LogP contribution in [-0.4, -0.2) is 38.6 Å². The van der Waals surface area contributed by atoms with Gasteiger partial charge in [-0.3, -0.25) is 39.4 Å². The summed E-state index contributed by atoms with van der Waals surface area (Å²) in [5.74, 6) is -7.51. The van der Waals surface area contributed by atoms with E-state index in [1.807, 2.05) is 6.08 Å². The third kappa shape index (κ3) is 4.30. The fraction of sp³-hybridized carbons (Fsp3) is 0.250. The van der Waals surface area contributed by atoms with Gasteiger partial charge in [-0.1, -0.05) is 41.4 Å². The molecule has 0 radical (unpaired) electrons. The molecule has 6 atom stereocenters. The molecule has 2 saturated heterocycles. The molecule has 0 spiro atoms. The molecule has 1 N–H and O–H groups in total. The van der Waals surface area contributed by atoms with Gasteiger partial charge >= 0.3 is 0 Å². The molecule has 1 saturated carbocycles. The number of carbonyl (C=O) groups excluding carboxylic acids is 4. The summed E-state index contributed by atoms with van der Waals surface area (Å²) in [4.78, 5) is 79.6. The number of imide groups is 2. The molecule has 3 aromatic rings. The first-order valence-electron chi connectivity index (χ1n) is 14.4. The Labute approximate surface area is 265 Å². The van der Waals surface area contributed by atoms with Gasteiger partial charge in [-0.2, -0.15) is 0 Å². The molecule has 3 aromatic carbocycles. The Balaban J connectivity index is 1.33. The molecule has 7 rings (SSSR count). The summed E-state index contributed by atoms with van der Waals surface area (Å²) in [6, 6.07) is 14.7. The summed E-state index contributed by atoms with van der Waals surface area (Å²) in [6.07, 6.45) is 2.00. The maximum absolute atomic E-state index is 14.2. The zero-order valence-electron chi connectivity index (χ0n) is 23.7. The number of aromatic hydroxyl groups is 1. The minimum atomic E-state index is -0.979. The first-order chi connectivity index (χ1) is 22.0. The molecule has 232 valence electrons. The van der Waals surface area contributed by atoms with Crippen LogP contribution >= 0.6 is 11.6 Å². The van der Waals surface area contributed by atoms with E-state index >= 15 is 0 Å². The number of amides is 4. The average Bonchev–Trinajstić information content (AvgIpc) is 3.44. The summed E-state index contributed by atoms with van der Waals surface area (Å²) in [5.41, 5.74) is 0.605. The van der Waals surface area contributed by atoms with Crippen LogP contribution in [0.4, 0.5) is 22.7 Å². The van der Waals surface area contributed by atoms with Crippen molar-refractivity contribution in [2.45, 2.75) is 18.8 Å². The van der Waals surface area contributed by atoms with Crippen molar-refractivity contribution in [1.29, 1.82) is 0 Å². The van der Waals surface area contributed by atoms with Crippen LogP contribution in [0.5, 0.6) is 5.75 Å². The molecule has 2 aliphatic carbocycles. The predicted molar refractivity (Wildman–Crippen MR) is 162 cm³/mol. The van der Waals surface area contributed by atoms with E-state index in [2.05, 4.69) is 0 Å². The van der Waals surface area contributed by atoms with Gasteiger partial charge in [-0.05, 0) is 48.6 Å². The third-order valence-corrected chi connectivity index (χ3v) is 9.89. The number of hydrogen-bond donors (Lipinski definition) is 1. The van der Waals surface area contributed by atoms with Gasteiger partial charge in [0, 0.05) is 35.2 Å². The van der Waals surface area contributed by atoms with Crippen LogP contribution in [0.3, 0.4) is 0 Å². The van der Waals surface area contributed by atoms with Crippen LogP contribution in [0.2, 0.25) is 5.02 Å². The number of nitro benzene ring substituents is 2. The van der Waals surface area contributed by atoms with Crippen molar-refractivity contribution in [2.24, 2.45) is 29.6 Å². The molecule has 3 fully saturated rings. The number of fused-ring (bicyclic) bond motifs is 4. The lowest BCUT2D eigenvalue weighted by Gasteiger charge is -2.44. The minimum absolute atomic E-state index is 0.0351. The second kappa shape index (κ2) is 10.6. The van der Waals surface area contributed by atoms with E-state index in [4.69, 9.17) is 11.6 Å². The molecule has 4 amide bonds. The van der Waals surface area contributed by atoms with Crippen LogP contribution in [-0.2, 0) is 19.2 Å². The molecule has 6 unspecified atom stereocenters. The van der Waals surface area contributed by atoms with Crippen molar-refractivity contribution in [3.05, 3.63) is 109 Å². The van der Waals surface area contributed by atoms with Crippen LogP contribution in [0, 0.1) is 49.8 Å². The number of phenolic OH excluding ortho intramolecular Hbond substituents is 1. The standard InChI is InChI=1S/C32H23ClN4O9/c33-25-13-19(38)7-8-21(25)26-20-9-10-22-27(31(41)34(29(22)39)15-3-1-5-17(11-15)36(43)44)23(20)14-24-28(26)32(42)35(30(24)40)16-4-2-6-18(12-16)37(45)46/h1-9,11-13,22-24,26-28,38H,10,14H2. The van der Waals surface area contributed by atoms with Crippen molar-refractivity contribution >= 4 is 58.0 Å². The summed E-state index contributed by atoms with van der Waals surface area (Å²) in [7, 11) is 0. The minimum Gasteiger partial charge on any atom is -0.508 e. The number of nitro groups is 2. The summed E-state index contributed by atoms with van der Waals surface area (Å²) >= 11 is 6.63. The Bertz CT molecular complexity index is 1940. The highest BCUT2D eigenvalue weighted by molar-refractivity contribution is 6.32. The maximum atomic E-state index is 14.2. The van der Waals surface area contributed by atoms with E-state index in [0.29, 0.717) is 11.1 Å². The highest BCUT2D eigenvalue weighted by Gasteiger charge is 2.62.